The average molecular weight is 378 g/mol. The maximum absolute atomic E-state index is 13.3. The number of hydrogen-bond acceptors (Lipinski definition) is 4. The number of amides is 2. The van der Waals surface area contributed by atoms with Gasteiger partial charge in [0.05, 0.1) is 7.11 Å². The Bertz CT molecular complexity index is 920. The first-order valence-corrected chi connectivity index (χ1v) is 8.99. The van der Waals surface area contributed by atoms with Gasteiger partial charge in [-0.1, -0.05) is 31.7 Å². The zero-order valence-electron chi connectivity index (χ0n) is 15.8. The molecule has 2 aromatic rings. The summed E-state index contributed by atoms with van der Waals surface area (Å²) in [5.74, 6) is -1.15. The summed E-state index contributed by atoms with van der Waals surface area (Å²) in [5.41, 5.74) is 2.69. The van der Waals surface area contributed by atoms with Crippen LogP contribution in [0.2, 0.25) is 0 Å². The largest absolute Gasteiger partial charge is 0.467 e. The number of benzene rings is 2. The summed E-state index contributed by atoms with van der Waals surface area (Å²) in [4.78, 5) is 38.7. The molecule has 28 heavy (non-hydrogen) atoms. The van der Waals surface area contributed by atoms with E-state index in [1.54, 1.807) is 24.3 Å². The van der Waals surface area contributed by atoms with Crippen molar-refractivity contribution in [1.82, 2.24) is 0 Å². The lowest BCUT2D eigenvalue weighted by Crippen LogP contribution is -2.52. The second kappa shape index (κ2) is 8.08. The number of ether oxygens (including phenoxy) is 1. The zero-order chi connectivity index (χ0) is 20.3. The highest BCUT2D eigenvalue weighted by atomic mass is 16.5. The molecule has 6 heteroatoms. The molecule has 6 nitrogen and oxygen atoms in total. The van der Waals surface area contributed by atoms with Crippen molar-refractivity contribution in [3.05, 3.63) is 72.3 Å². The van der Waals surface area contributed by atoms with Crippen LogP contribution in [-0.2, 0) is 20.7 Å². The van der Waals surface area contributed by atoms with Gasteiger partial charge in [0.25, 0.3) is 5.91 Å². The SMILES string of the molecule is C=CC(=O)Nc1ccc(C(=O)N2c3ccccc3C[C@@H](C)[C@H]2C(=O)OC)cc1. The van der Waals surface area contributed by atoms with Crippen LogP contribution in [0.5, 0.6) is 0 Å². The van der Waals surface area contributed by atoms with Crippen molar-refractivity contribution in [1.29, 1.82) is 0 Å². The van der Waals surface area contributed by atoms with E-state index in [0.717, 1.165) is 5.56 Å². The lowest BCUT2D eigenvalue weighted by Gasteiger charge is -2.39. The maximum Gasteiger partial charge on any atom is 0.329 e. The van der Waals surface area contributed by atoms with Crippen LogP contribution in [0.1, 0.15) is 22.8 Å². The Hall–Kier alpha value is -3.41. The normalized spacial score (nSPS) is 18.0. The van der Waals surface area contributed by atoms with Crippen molar-refractivity contribution < 1.29 is 19.1 Å². The first-order chi connectivity index (χ1) is 13.5. The van der Waals surface area contributed by atoms with Crippen LogP contribution in [0.3, 0.4) is 0 Å². The smallest absolute Gasteiger partial charge is 0.329 e. The van der Waals surface area contributed by atoms with Gasteiger partial charge >= 0.3 is 5.97 Å². The second-order valence-electron chi connectivity index (χ2n) is 6.72. The van der Waals surface area contributed by atoms with Crippen molar-refractivity contribution in [2.75, 3.05) is 17.3 Å². The van der Waals surface area contributed by atoms with Gasteiger partial charge < -0.3 is 10.1 Å². The summed E-state index contributed by atoms with van der Waals surface area (Å²) in [6.45, 7) is 5.34. The molecule has 2 amide bonds. The number of para-hydroxylation sites is 1. The third-order valence-electron chi connectivity index (χ3n) is 4.86. The quantitative estimate of drug-likeness (QED) is 0.655. The minimum atomic E-state index is -0.701. The fourth-order valence-corrected chi connectivity index (χ4v) is 3.50. The number of anilines is 2. The van der Waals surface area contributed by atoms with Gasteiger partial charge in [-0.3, -0.25) is 14.5 Å². The van der Waals surface area contributed by atoms with Crippen LogP contribution in [0.25, 0.3) is 0 Å². The van der Waals surface area contributed by atoms with E-state index >= 15 is 0 Å². The van der Waals surface area contributed by atoms with Crippen LogP contribution in [0, 0.1) is 5.92 Å². The molecule has 0 saturated carbocycles. The number of nitrogens with one attached hydrogen (secondary N) is 1. The lowest BCUT2D eigenvalue weighted by atomic mass is 9.86. The van der Waals surface area contributed by atoms with Crippen LogP contribution >= 0.6 is 0 Å². The summed E-state index contributed by atoms with van der Waals surface area (Å²) >= 11 is 0. The van der Waals surface area contributed by atoms with Gasteiger partial charge in [-0.25, -0.2) is 4.79 Å². The third-order valence-corrected chi connectivity index (χ3v) is 4.86. The highest BCUT2D eigenvalue weighted by molar-refractivity contribution is 6.10. The molecule has 0 radical (unpaired) electrons. The Morgan fingerprint density at radius 3 is 2.46 bits per heavy atom. The molecule has 0 spiro atoms. The minimum absolute atomic E-state index is 0.0857. The number of carbonyl (C=O) groups is 3. The Morgan fingerprint density at radius 1 is 1.14 bits per heavy atom. The molecule has 0 aliphatic carbocycles. The van der Waals surface area contributed by atoms with Gasteiger partial charge in [0, 0.05) is 16.9 Å². The molecule has 144 valence electrons. The molecule has 2 atom stereocenters. The number of hydrogen-bond donors (Lipinski definition) is 1. The van der Waals surface area contributed by atoms with E-state index in [4.69, 9.17) is 4.74 Å². The van der Waals surface area contributed by atoms with Crippen LogP contribution in [0.4, 0.5) is 11.4 Å². The van der Waals surface area contributed by atoms with Gasteiger partial charge in [-0.15, -0.1) is 0 Å². The van der Waals surface area contributed by atoms with Crippen molar-refractivity contribution >= 4 is 29.2 Å². The first-order valence-electron chi connectivity index (χ1n) is 8.99. The number of carbonyl (C=O) groups excluding carboxylic acids is 3. The molecule has 0 aromatic heterocycles. The van der Waals surface area contributed by atoms with Crippen LogP contribution < -0.4 is 10.2 Å². The number of esters is 1. The third kappa shape index (κ3) is 3.67. The van der Waals surface area contributed by atoms with E-state index < -0.39 is 12.0 Å². The molecule has 1 aliphatic heterocycles. The Balaban J connectivity index is 1.98. The topological polar surface area (TPSA) is 75.7 Å². The lowest BCUT2D eigenvalue weighted by molar-refractivity contribution is -0.143. The van der Waals surface area contributed by atoms with Crippen molar-refractivity contribution in [3.8, 4) is 0 Å². The highest BCUT2D eigenvalue weighted by Crippen LogP contribution is 2.35. The molecular formula is C22H22N2O4. The molecule has 1 N–H and O–H groups in total. The zero-order valence-corrected chi connectivity index (χ0v) is 15.8. The molecule has 0 fully saturated rings. The second-order valence-corrected chi connectivity index (χ2v) is 6.72. The minimum Gasteiger partial charge on any atom is -0.467 e. The summed E-state index contributed by atoms with van der Waals surface area (Å²) in [5, 5.41) is 2.64. The van der Waals surface area contributed by atoms with E-state index in [2.05, 4.69) is 11.9 Å². The van der Waals surface area contributed by atoms with E-state index in [-0.39, 0.29) is 17.7 Å². The molecule has 2 aromatic carbocycles. The first kappa shape index (κ1) is 19.4. The standard InChI is InChI=1S/C22H22N2O4/c1-4-19(25)23-17-11-9-15(10-12-17)21(26)24-18-8-6-5-7-16(18)13-14(2)20(24)22(27)28-3/h4-12,14,20H,1,13H2,2-3H3,(H,23,25)/t14-,20+/m1/s1. The van der Waals surface area contributed by atoms with Crippen molar-refractivity contribution in [3.63, 3.8) is 0 Å². The monoisotopic (exact) mass is 378 g/mol. The van der Waals surface area contributed by atoms with E-state index in [0.29, 0.717) is 23.4 Å². The molecule has 0 saturated heterocycles. The Morgan fingerprint density at radius 2 is 1.82 bits per heavy atom. The van der Waals surface area contributed by atoms with E-state index in [1.165, 1.54) is 18.1 Å². The Kier molecular flexibility index (Phi) is 5.59. The van der Waals surface area contributed by atoms with Crippen LogP contribution in [-0.4, -0.2) is 30.9 Å². The van der Waals surface area contributed by atoms with Gasteiger partial charge in [-0.2, -0.15) is 0 Å². The predicted octanol–water partition coefficient (Wildman–Crippen LogP) is 3.19. The van der Waals surface area contributed by atoms with Gasteiger partial charge in [0.1, 0.15) is 6.04 Å². The number of rotatable bonds is 4. The highest BCUT2D eigenvalue weighted by Gasteiger charge is 2.41. The fourth-order valence-electron chi connectivity index (χ4n) is 3.50. The predicted molar refractivity (Wildman–Crippen MR) is 107 cm³/mol. The summed E-state index contributed by atoms with van der Waals surface area (Å²) in [7, 11) is 1.33. The summed E-state index contributed by atoms with van der Waals surface area (Å²) < 4.78 is 4.98. The number of nitrogens with zero attached hydrogens (tertiary/aromatic N) is 1. The van der Waals surface area contributed by atoms with Crippen molar-refractivity contribution in [2.45, 2.75) is 19.4 Å². The number of fused-ring (bicyclic) bond motifs is 1. The average Bonchev–Trinajstić information content (AvgIpc) is 2.72. The summed E-state index contributed by atoms with van der Waals surface area (Å²) in [6, 6.07) is 13.4. The molecule has 0 unspecified atom stereocenters. The van der Waals surface area contributed by atoms with Crippen LogP contribution in [0.15, 0.2) is 61.2 Å². The molecule has 0 bridgehead atoms. The molecule has 1 aliphatic rings. The molecule has 3 rings (SSSR count). The Labute approximate surface area is 163 Å². The van der Waals surface area contributed by atoms with Crippen molar-refractivity contribution in [2.24, 2.45) is 5.92 Å². The molecule has 1 heterocycles. The summed E-state index contributed by atoms with van der Waals surface area (Å²) in [6.07, 6.45) is 1.86. The molecular weight excluding hydrogens is 356 g/mol. The fraction of sp³-hybridized carbons (Fsp3) is 0.227. The van der Waals surface area contributed by atoms with E-state index in [9.17, 15) is 14.4 Å². The van der Waals surface area contributed by atoms with E-state index in [1.807, 2.05) is 31.2 Å². The maximum atomic E-state index is 13.3. The van der Waals surface area contributed by atoms with Gasteiger partial charge in [-0.05, 0) is 54.3 Å². The number of methoxy groups -OCH3 is 1. The van der Waals surface area contributed by atoms with Gasteiger partial charge in [0.2, 0.25) is 5.91 Å². The van der Waals surface area contributed by atoms with Gasteiger partial charge in [0.15, 0.2) is 0 Å².